The molecule has 1 atom stereocenters. The topological polar surface area (TPSA) is 48.5 Å². The van der Waals surface area contributed by atoms with Gasteiger partial charge >= 0.3 is 0 Å². The summed E-state index contributed by atoms with van der Waals surface area (Å²) in [6.45, 7) is 11.7. The maximum Gasteiger partial charge on any atom is 0.241 e. The molecule has 5 heteroatoms. The van der Waals surface area contributed by atoms with Gasteiger partial charge < -0.3 is 10.2 Å². The number of rotatable bonds is 4. The van der Waals surface area contributed by atoms with Crippen molar-refractivity contribution in [3.05, 3.63) is 53.2 Å². The highest BCUT2D eigenvalue weighted by atomic mass is 16.2. The Bertz CT molecular complexity index is 744. The fourth-order valence-electron chi connectivity index (χ4n) is 3.65. The van der Waals surface area contributed by atoms with E-state index >= 15 is 0 Å². The second-order valence-corrected chi connectivity index (χ2v) is 7.15. The van der Waals surface area contributed by atoms with Crippen LogP contribution in [0.25, 0.3) is 0 Å². The molecule has 1 aliphatic heterocycles. The largest absolute Gasteiger partial charge is 0.354 e. The lowest BCUT2D eigenvalue weighted by molar-refractivity contribution is -0.120. The Hall–Kier alpha value is -2.40. The van der Waals surface area contributed by atoms with E-state index in [1.807, 2.05) is 45.2 Å². The summed E-state index contributed by atoms with van der Waals surface area (Å²) in [6, 6.07) is 10.0. The molecular formula is C21H28N4O. The van der Waals surface area contributed by atoms with Crippen molar-refractivity contribution in [2.75, 3.05) is 36.4 Å². The Labute approximate surface area is 156 Å². The highest BCUT2D eigenvalue weighted by molar-refractivity contribution is 5.96. The van der Waals surface area contributed by atoms with Crippen molar-refractivity contribution in [1.29, 1.82) is 0 Å². The van der Waals surface area contributed by atoms with Crippen molar-refractivity contribution in [3.63, 3.8) is 0 Å². The fraction of sp³-hybridized carbons (Fsp3) is 0.429. The quantitative estimate of drug-likeness (QED) is 0.918. The van der Waals surface area contributed by atoms with Crippen molar-refractivity contribution >= 4 is 17.4 Å². The highest BCUT2D eigenvalue weighted by Gasteiger charge is 2.26. The number of aryl methyl sites for hydroxylation is 3. The van der Waals surface area contributed by atoms with E-state index in [0.29, 0.717) is 0 Å². The molecule has 1 saturated heterocycles. The Morgan fingerprint density at radius 1 is 1.08 bits per heavy atom. The minimum Gasteiger partial charge on any atom is -0.354 e. The molecule has 0 saturated carbocycles. The second kappa shape index (κ2) is 7.87. The molecule has 0 unspecified atom stereocenters. The Morgan fingerprint density at radius 2 is 1.73 bits per heavy atom. The SMILES string of the molecule is Cc1cc(C)c(NC(=O)[C@@H](C)N2CCN(c3ccccn3)CC2)c(C)c1. The molecule has 138 valence electrons. The van der Waals surface area contributed by atoms with Gasteiger partial charge in [0.05, 0.1) is 6.04 Å². The molecule has 1 N–H and O–H groups in total. The van der Waals surface area contributed by atoms with Crippen LogP contribution in [0.5, 0.6) is 0 Å². The summed E-state index contributed by atoms with van der Waals surface area (Å²) in [5.74, 6) is 1.07. The highest BCUT2D eigenvalue weighted by Crippen LogP contribution is 2.23. The molecule has 5 nitrogen and oxygen atoms in total. The molecule has 1 aromatic carbocycles. The molecule has 1 fully saturated rings. The van der Waals surface area contributed by atoms with Crippen molar-refractivity contribution in [2.24, 2.45) is 0 Å². The van der Waals surface area contributed by atoms with Crippen molar-refractivity contribution < 1.29 is 4.79 Å². The van der Waals surface area contributed by atoms with Gasteiger partial charge in [0.15, 0.2) is 0 Å². The molecule has 2 heterocycles. The molecule has 1 amide bonds. The summed E-state index contributed by atoms with van der Waals surface area (Å²) in [7, 11) is 0. The number of aromatic nitrogens is 1. The van der Waals surface area contributed by atoms with E-state index in [-0.39, 0.29) is 11.9 Å². The number of benzene rings is 1. The van der Waals surface area contributed by atoms with E-state index < -0.39 is 0 Å². The Kier molecular flexibility index (Phi) is 5.57. The second-order valence-electron chi connectivity index (χ2n) is 7.15. The van der Waals surface area contributed by atoms with Crippen LogP contribution in [0.15, 0.2) is 36.5 Å². The number of carbonyl (C=O) groups excluding carboxylic acids is 1. The standard InChI is InChI=1S/C21H28N4O/c1-15-13-16(2)20(17(3)14-15)23-21(26)18(4)24-9-11-25(12-10-24)19-7-5-6-8-22-19/h5-8,13-14,18H,9-12H2,1-4H3,(H,23,26)/t18-/m1/s1. The summed E-state index contributed by atoms with van der Waals surface area (Å²) < 4.78 is 0. The van der Waals surface area contributed by atoms with E-state index in [2.05, 4.69) is 39.2 Å². The summed E-state index contributed by atoms with van der Waals surface area (Å²) >= 11 is 0. The maximum atomic E-state index is 12.8. The van der Waals surface area contributed by atoms with Gasteiger partial charge in [-0.1, -0.05) is 23.8 Å². The van der Waals surface area contributed by atoms with Crippen LogP contribution >= 0.6 is 0 Å². The van der Waals surface area contributed by atoms with Crippen LogP contribution in [0, 0.1) is 20.8 Å². The third-order valence-corrected chi connectivity index (χ3v) is 5.14. The molecule has 0 spiro atoms. The number of hydrogen-bond donors (Lipinski definition) is 1. The normalized spacial score (nSPS) is 16.4. The number of carbonyl (C=O) groups is 1. The van der Waals surface area contributed by atoms with Gasteiger partial charge in [0.1, 0.15) is 5.82 Å². The Morgan fingerprint density at radius 3 is 2.31 bits per heavy atom. The molecular weight excluding hydrogens is 324 g/mol. The van der Waals surface area contributed by atoms with Crippen molar-refractivity contribution in [2.45, 2.75) is 33.7 Å². The molecule has 3 rings (SSSR count). The number of anilines is 2. The van der Waals surface area contributed by atoms with Gasteiger partial charge in [-0.05, 0) is 51.0 Å². The lowest BCUT2D eigenvalue weighted by atomic mass is 10.0. The zero-order valence-electron chi connectivity index (χ0n) is 16.1. The van der Waals surface area contributed by atoms with Gasteiger partial charge in [-0.2, -0.15) is 0 Å². The van der Waals surface area contributed by atoms with E-state index in [4.69, 9.17) is 0 Å². The first-order valence-corrected chi connectivity index (χ1v) is 9.24. The monoisotopic (exact) mass is 352 g/mol. The zero-order chi connectivity index (χ0) is 18.7. The number of piperazine rings is 1. The molecule has 0 radical (unpaired) electrons. The smallest absolute Gasteiger partial charge is 0.241 e. The van der Waals surface area contributed by atoms with E-state index in [1.165, 1.54) is 5.56 Å². The molecule has 1 aromatic heterocycles. The number of pyridine rings is 1. The van der Waals surface area contributed by atoms with Crippen LogP contribution in [0.3, 0.4) is 0 Å². The van der Waals surface area contributed by atoms with Gasteiger partial charge in [-0.25, -0.2) is 4.98 Å². The molecule has 26 heavy (non-hydrogen) atoms. The van der Waals surface area contributed by atoms with Gasteiger partial charge in [-0.15, -0.1) is 0 Å². The lowest BCUT2D eigenvalue weighted by Gasteiger charge is -2.38. The van der Waals surface area contributed by atoms with Crippen LogP contribution in [-0.2, 0) is 4.79 Å². The average molecular weight is 352 g/mol. The van der Waals surface area contributed by atoms with E-state index in [9.17, 15) is 4.79 Å². The van der Waals surface area contributed by atoms with Gasteiger partial charge in [0.2, 0.25) is 5.91 Å². The summed E-state index contributed by atoms with van der Waals surface area (Å²) in [4.78, 5) is 21.7. The predicted octanol–water partition coefficient (Wildman–Crippen LogP) is 3.16. The molecule has 2 aromatic rings. The maximum absolute atomic E-state index is 12.8. The van der Waals surface area contributed by atoms with Crippen molar-refractivity contribution in [3.8, 4) is 0 Å². The Balaban J connectivity index is 1.60. The number of nitrogens with one attached hydrogen (secondary N) is 1. The first-order valence-electron chi connectivity index (χ1n) is 9.24. The van der Waals surface area contributed by atoms with E-state index in [0.717, 1.165) is 48.8 Å². The van der Waals surface area contributed by atoms with Crippen LogP contribution in [0.2, 0.25) is 0 Å². The van der Waals surface area contributed by atoms with Gasteiger partial charge in [0.25, 0.3) is 0 Å². The minimum absolute atomic E-state index is 0.0614. The number of hydrogen-bond acceptors (Lipinski definition) is 4. The fourth-order valence-corrected chi connectivity index (χ4v) is 3.65. The van der Waals surface area contributed by atoms with Gasteiger partial charge in [-0.3, -0.25) is 9.69 Å². The first-order chi connectivity index (χ1) is 12.5. The third-order valence-electron chi connectivity index (χ3n) is 5.14. The molecule has 0 bridgehead atoms. The molecule has 1 aliphatic rings. The van der Waals surface area contributed by atoms with Gasteiger partial charge in [0, 0.05) is 38.1 Å². The van der Waals surface area contributed by atoms with Crippen molar-refractivity contribution in [1.82, 2.24) is 9.88 Å². The average Bonchev–Trinajstić information content (AvgIpc) is 2.64. The first kappa shape index (κ1) is 18.4. The summed E-state index contributed by atoms with van der Waals surface area (Å²) in [5.41, 5.74) is 4.39. The predicted molar refractivity (Wildman–Crippen MR) is 107 cm³/mol. The zero-order valence-corrected chi connectivity index (χ0v) is 16.1. The number of nitrogens with zero attached hydrogens (tertiary/aromatic N) is 3. The third kappa shape index (κ3) is 4.05. The van der Waals surface area contributed by atoms with Crippen LogP contribution in [-0.4, -0.2) is 48.0 Å². The summed E-state index contributed by atoms with van der Waals surface area (Å²) in [5, 5.41) is 3.14. The van der Waals surface area contributed by atoms with Crippen LogP contribution in [0.1, 0.15) is 23.6 Å². The lowest BCUT2D eigenvalue weighted by Crippen LogP contribution is -2.53. The van der Waals surface area contributed by atoms with Crippen LogP contribution < -0.4 is 10.2 Å². The van der Waals surface area contributed by atoms with E-state index in [1.54, 1.807) is 0 Å². The summed E-state index contributed by atoms with van der Waals surface area (Å²) in [6.07, 6.45) is 1.82. The number of amides is 1. The molecule has 0 aliphatic carbocycles. The van der Waals surface area contributed by atoms with Crippen LogP contribution in [0.4, 0.5) is 11.5 Å². The minimum atomic E-state index is -0.152.